The van der Waals surface area contributed by atoms with Crippen molar-refractivity contribution in [1.82, 2.24) is 15.4 Å². The summed E-state index contributed by atoms with van der Waals surface area (Å²) in [5, 5.41) is 5.38. The molecule has 1 saturated heterocycles. The van der Waals surface area contributed by atoms with Gasteiger partial charge in [0.1, 0.15) is 17.7 Å². The number of rotatable bonds is 10. The van der Waals surface area contributed by atoms with Crippen LogP contribution in [0.1, 0.15) is 90.7 Å². The number of hydrogen-bond donors (Lipinski definition) is 3. The fraction of sp³-hybridized carbons (Fsp3) is 0.588. The third-order valence-electron chi connectivity index (χ3n) is 9.98. The fourth-order valence-corrected chi connectivity index (χ4v) is 7.44. The Kier molecular flexibility index (Phi) is 9.09. The summed E-state index contributed by atoms with van der Waals surface area (Å²) >= 11 is 0. The summed E-state index contributed by atoms with van der Waals surface area (Å²) in [5.41, 5.74) is -1.18. The molecular weight excluding hydrogens is 600 g/mol. The van der Waals surface area contributed by atoms with E-state index in [4.69, 9.17) is 4.74 Å². The number of ether oxygens (including phenoxy) is 1. The molecule has 0 radical (unpaired) electrons. The summed E-state index contributed by atoms with van der Waals surface area (Å²) < 4.78 is 64.1. The first-order valence-corrected chi connectivity index (χ1v) is 17.5. The van der Waals surface area contributed by atoms with Gasteiger partial charge in [-0.1, -0.05) is 25.1 Å². The lowest BCUT2D eigenvalue weighted by Gasteiger charge is -2.38. The number of hydrogen-bond acceptors (Lipinski definition) is 6. The predicted molar refractivity (Wildman–Crippen MR) is 170 cm³/mol. The van der Waals surface area contributed by atoms with Crippen LogP contribution in [0.2, 0.25) is 0 Å². The van der Waals surface area contributed by atoms with Crippen molar-refractivity contribution in [1.29, 1.82) is 0 Å². The largest absolute Gasteiger partial charge is 0.490 e. The summed E-state index contributed by atoms with van der Waals surface area (Å²) in [7, 11) is -3.85. The normalized spacial score (nSPS) is 24.4. The van der Waals surface area contributed by atoms with Crippen molar-refractivity contribution in [3.63, 3.8) is 0 Å². The molecule has 0 unspecified atom stereocenters. The molecule has 3 atom stereocenters. The van der Waals surface area contributed by atoms with E-state index in [0.717, 1.165) is 19.3 Å². The molecule has 246 valence electrons. The van der Waals surface area contributed by atoms with Crippen LogP contribution in [0.3, 0.4) is 0 Å². The smallest absolute Gasteiger partial charge is 0.259 e. The third kappa shape index (κ3) is 6.61. The van der Waals surface area contributed by atoms with Gasteiger partial charge in [-0.05, 0) is 101 Å². The second-order valence-electron chi connectivity index (χ2n) is 13.8. The second kappa shape index (κ2) is 12.3. The van der Waals surface area contributed by atoms with Crippen molar-refractivity contribution in [2.24, 2.45) is 0 Å². The van der Waals surface area contributed by atoms with Gasteiger partial charge in [-0.25, -0.2) is 17.2 Å². The highest BCUT2D eigenvalue weighted by Crippen LogP contribution is 2.44. The van der Waals surface area contributed by atoms with E-state index in [1.807, 2.05) is 6.92 Å². The number of benzene rings is 2. The Hall–Kier alpha value is -3.05. The summed E-state index contributed by atoms with van der Waals surface area (Å²) in [6, 6.07) is 9.79. The number of halogens is 2. The zero-order valence-corrected chi connectivity index (χ0v) is 27.6. The van der Waals surface area contributed by atoms with Crippen LogP contribution in [0.5, 0.6) is 5.75 Å². The number of carbonyl (C=O) groups is 2. The molecular formula is C34H45F2N3O5S. The minimum absolute atomic E-state index is 0.0341. The quantitative estimate of drug-likeness (QED) is 0.326. The van der Waals surface area contributed by atoms with Crippen LogP contribution in [0, 0.1) is 5.82 Å². The van der Waals surface area contributed by atoms with Crippen molar-refractivity contribution in [2.75, 3.05) is 6.54 Å². The molecule has 8 nitrogen and oxygen atoms in total. The van der Waals surface area contributed by atoms with Crippen molar-refractivity contribution < 1.29 is 31.5 Å². The molecule has 1 aliphatic heterocycles. The predicted octanol–water partition coefficient (Wildman–Crippen LogP) is 5.23. The van der Waals surface area contributed by atoms with E-state index in [0.29, 0.717) is 53.7 Å². The molecule has 3 aliphatic rings. The molecule has 2 aliphatic carbocycles. The monoisotopic (exact) mass is 645 g/mol. The second-order valence-corrected chi connectivity index (χ2v) is 16.1. The van der Waals surface area contributed by atoms with Crippen molar-refractivity contribution >= 4 is 21.8 Å². The van der Waals surface area contributed by atoms with E-state index in [1.54, 1.807) is 44.2 Å². The van der Waals surface area contributed by atoms with Crippen LogP contribution in [0.15, 0.2) is 36.4 Å². The Morgan fingerprint density at radius 3 is 2.49 bits per heavy atom. The standard InChI is InChI=1S/C34H45F2N3O5S/c1-6-25-26(9-7-10-28(25)35)27-17-22(32(4,5)30(40)39-45(42,43)21(2)3)11-14-29(27)44-24-13-12-23(18-24)38-31(41)34(36)19-33(37-20-34)15-8-16-33/h7,9-11,14,17,21,23-24,37H,6,8,12-13,15-16,18-20H2,1-5H3,(H,38,41)(H,39,40)/t23-,24-,34+/m1/s1. The van der Waals surface area contributed by atoms with Crippen molar-refractivity contribution in [2.45, 2.75) is 120 Å². The van der Waals surface area contributed by atoms with Gasteiger partial charge in [0.15, 0.2) is 0 Å². The van der Waals surface area contributed by atoms with Gasteiger partial charge in [0.25, 0.3) is 5.91 Å². The molecule has 2 saturated carbocycles. The van der Waals surface area contributed by atoms with E-state index in [-0.39, 0.29) is 36.5 Å². The van der Waals surface area contributed by atoms with E-state index >= 15 is 4.39 Å². The van der Waals surface area contributed by atoms with Crippen molar-refractivity contribution in [3.8, 4) is 16.9 Å². The minimum Gasteiger partial charge on any atom is -0.490 e. The Morgan fingerprint density at radius 2 is 1.87 bits per heavy atom. The van der Waals surface area contributed by atoms with Gasteiger partial charge in [-0.3, -0.25) is 14.3 Å². The van der Waals surface area contributed by atoms with Crippen LogP contribution >= 0.6 is 0 Å². The Morgan fingerprint density at radius 1 is 1.13 bits per heavy atom. The van der Waals surface area contributed by atoms with E-state index in [1.165, 1.54) is 19.9 Å². The summed E-state index contributed by atoms with van der Waals surface area (Å²) in [4.78, 5) is 26.2. The van der Waals surface area contributed by atoms with Gasteiger partial charge in [-0.15, -0.1) is 0 Å². The molecule has 1 spiro atoms. The highest BCUT2D eigenvalue weighted by molar-refractivity contribution is 7.90. The fourth-order valence-electron chi connectivity index (χ4n) is 6.69. The molecule has 2 amide bonds. The molecule has 2 aromatic carbocycles. The summed E-state index contributed by atoms with van der Waals surface area (Å²) in [6.45, 7) is 8.15. The Bertz CT molecular complexity index is 1570. The highest BCUT2D eigenvalue weighted by atomic mass is 32.2. The van der Waals surface area contributed by atoms with Crippen LogP contribution in [0.25, 0.3) is 11.1 Å². The zero-order chi connectivity index (χ0) is 32.8. The number of carbonyl (C=O) groups excluding carboxylic acids is 2. The van der Waals surface area contributed by atoms with Gasteiger partial charge < -0.3 is 15.4 Å². The van der Waals surface area contributed by atoms with Crippen LogP contribution in [0.4, 0.5) is 8.78 Å². The number of sulfonamides is 1. The minimum atomic E-state index is -3.85. The molecule has 1 heterocycles. The topological polar surface area (TPSA) is 114 Å². The highest BCUT2D eigenvalue weighted by Gasteiger charge is 2.55. The van der Waals surface area contributed by atoms with Gasteiger partial charge >= 0.3 is 0 Å². The van der Waals surface area contributed by atoms with Gasteiger partial charge in [0.2, 0.25) is 21.6 Å². The average molecular weight is 646 g/mol. The maximum absolute atomic E-state index is 15.6. The van der Waals surface area contributed by atoms with Gasteiger partial charge in [0, 0.05) is 36.5 Å². The van der Waals surface area contributed by atoms with Crippen LogP contribution in [-0.2, 0) is 31.4 Å². The van der Waals surface area contributed by atoms with Crippen LogP contribution < -0.4 is 20.1 Å². The van der Waals surface area contributed by atoms with E-state index in [2.05, 4.69) is 15.4 Å². The molecule has 45 heavy (non-hydrogen) atoms. The van der Waals surface area contributed by atoms with Crippen LogP contribution in [-0.4, -0.2) is 55.4 Å². The lowest BCUT2D eigenvalue weighted by Crippen LogP contribution is -2.49. The first-order chi connectivity index (χ1) is 21.1. The zero-order valence-electron chi connectivity index (χ0n) is 26.8. The molecule has 5 rings (SSSR count). The molecule has 3 fully saturated rings. The SMILES string of the molecule is CCc1c(F)cccc1-c1cc(C(C)(C)C(=O)NS(=O)(=O)C(C)C)ccc1O[C@@H]1CC[C@@H](NC(=O)[C@@]2(F)CNC3(CCC3)C2)C1. The van der Waals surface area contributed by atoms with Gasteiger partial charge in [0.05, 0.1) is 10.7 Å². The molecule has 3 N–H and O–H groups in total. The summed E-state index contributed by atoms with van der Waals surface area (Å²) in [5.74, 6) is -1.12. The first kappa shape index (κ1) is 33.3. The first-order valence-electron chi connectivity index (χ1n) is 16.0. The molecule has 2 aromatic rings. The molecule has 11 heteroatoms. The Balaban J connectivity index is 1.37. The maximum Gasteiger partial charge on any atom is 0.259 e. The number of alkyl halides is 1. The third-order valence-corrected chi connectivity index (χ3v) is 11.7. The van der Waals surface area contributed by atoms with E-state index < -0.39 is 38.2 Å². The lowest BCUT2D eigenvalue weighted by atomic mass is 9.74. The van der Waals surface area contributed by atoms with Gasteiger partial charge in [-0.2, -0.15) is 0 Å². The lowest BCUT2D eigenvalue weighted by molar-refractivity contribution is -0.133. The average Bonchev–Trinajstić information content (AvgIpc) is 3.57. The number of nitrogens with one attached hydrogen (secondary N) is 3. The maximum atomic E-state index is 15.6. The molecule has 0 aromatic heterocycles. The summed E-state index contributed by atoms with van der Waals surface area (Å²) in [6.07, 6.45) is 4.96. The van der Waals surface area contributed by atoms with E-state index in [9.17, 15) is 22.4 Å². The molecule has 0 bridgehead atoms. The van der Waals surface area contributed by atoms with Crippen molar-refractivity contribution in [3.05, 3.63) is 53.3 Å². The number of amides is 2. The Labute approximate surface area is 265 Å².